The first-order chi connectivity index (χ1) is 10.6. The summed E-state index contributed by atoms with van der Waals surface area (Å²) in [6.45, 7) is 1.83. The van der Waals surface area contributed by atoms with E-state index in [1.165, 1.54) is 0 Å². The molecule has 23 heavy (non-hydrogen) atoms. The van der Waals surface area contributed by atoms with Crippen LogP contribution in [0.25, 0.3) is 0 Å². The molecule has 0 aromatic heterocycles. The van der Waals surface area contributed by atoms with Gasteiger partial charge >= 0.3 is 0 Å². The van der Waals surface area contributed by atoms with Gasteiger partial charge in [0.1, 0.15) is 11.8 Å². The second-order valence-electron chi connectivity index (χ2n) is 5.75. The van der Waals surface area contributed by atoms with Crippen LogP contribution in [0.2, 0.25) is 5.02 Å². The molecule has 2 heterocycles. The largest absolute Gasteiger partial charge is 0.495 e. The fraction of sp³-hybridized carbons (Fsp3) is 0.533. The smallest absolute Gasteiger partial charge is 0.245 e. The van der Waals surface area contributed by atoms with Crippen molar-refractivity contribution in [3.63, 3.8) is 0 Å². The van der Waals surface area contributed by atoms with E-state index in [4.69, 9.17) is 16.3 Å². The quantitative estimate of drug-likeness (QED) is 0.755. The number of anilines is 1. The van der Waals surface area contributed by atoms with Crippen LogP contribution in [0, 0.1) is 5.92 Å². The zero-order valence-corrected chi connectivity index (χ0v) is 14.7. The summed E-state index contributed by atoms with van der Waals surface area (Å²) in [6, 6.07) is 5.47. The third kappa shape index (κ3) is 3.56. The van der Waals surface area contributed by atoms with Crippen molar-refractivity contribution in [3.8, 4) is 5.75 Å². The summed E-state index contributed by atoms with van der Waals surface area (Å²) >= 11 is 6.15. The highest BCUT2D eigenvalue weighted by Gasteiger charge is 2.42. The molecular weight excluding hydrogens is 339 g/mol. The molecule has 1 aromatic carbocycles. The highest BCUT2D eigenvalue weighted by Crippen LogP contribution is 2.30. The Kier molecular flexibility index (Phi) is 6.11. The van der Waals surface area contributed by atoms with E-state index < -0.39 is 0 Å². The molecule has 3 atom stereocenters. The summed E-state index contributed by atoms with van der Waals surface area (Å²) in [4.78, 5) is 14.4. The van der Waals surface area contributed by atoms with Crippen LogP contribution in [0.1, 0.15) is 6.42 Å². The van der Waals surface area contributed by atoms with Gasteiger partial charge in [-0.1, -0.05) is 11.6 Å². The number of piperidine rings is 1. The van der Waals surface area contributed by atoms with Gasteiger partial charge in [0.2, 0.25) is 5.91 Å². The van der Waals surface area contributed by atoms with E-state index in [9.17, 15) is 4.79 Å². The van der Waals surface area contributed by atoms with E-state index in [2.05, 4.69) is 16.2 Å². The molecule has 0 spiro atoms. The molecule has 3 rings (SSSR count). The second-order valence-corrected chi connectivity index (χ2v) is 6.15. The Morgan fingerprint density at radius 2 is 2.17 bits per heavy atom. The van der Waals surface area contributed by atoms with E-state index in [0.717, 1.165) is 25.2 Å². The number of ether oxygens (including phenoxy) is 1. The lowest BCUT2D eigenvalue weighted by atomic mass is 9.89. The van der Waals surface area contributed by atoms with Crippen molar-refractivity contribution in [1.82, 2.24) is 16.2 Å². The predicted octanol–water partition coefficient (Wildman–Crippen LogP) is 1.19. The van der Waals surface area contributed by atoms with Gasteiger partial charge in [0, 0.05) is 31.2 Å². The molecule has 1 amide bonds. The number of hydrazine groups is 1. The van der Waals surface area contributed by atoms with Gasteiger partial charge in [-0.2, -0.15) is 0 Å². The van der Waals surface area contributed by atoms with Crippen LogP contribution in [-0.2, 0) is 4.79 Å². The summed E-state index contributed by atoms with van der Waals surface area (Å²) in [5.74, 6) is 0.894. The third-order valence-electron chi connectivity index (χ3n) is 4.50. The Morgan fingerprint density at radius 3 is 2.87 bits per heavy atom. The molecule has 6 nitrogen and oxygen atoms in total. The van der Waals surface area contributed by atoms with Crippen molar-refractivity contribution >= 4 is 35.6 Å². The van der Waals surface area contributed by atoms with E-state index >= 15 is 0 Å². The standard InChI is InChI=1S/C15H21ClN4O2.ClH/c1-20(9-3-4-13(22-2)11(16)7-9)15(21)14-10-8-17-6-5-12(10)18-19-14;/h3-4,7,10,12,14,17-19H,5-6,8H2,1-2H3;1H. The van der Waals surface area contributed by atoms with Gasteiger partial charge in [-0.3, -0.25) is 10.2 Å². The lowest BCUT2D eigenvalue weighted by molar-refractivity contribution is -0.121. The number of hydrogen-bond donors (Lipinski definition) is 3. The fourth-order valence-corrected chi connectivity index (χ4v) is 3.41. The van der Waals surface area contributed by atoms with Crippen molar-refractivity contribution in [2.75, 3.05) is 32.1 Å². The monoisotopic (exact) mass is 360 g/mol. The highest BCUT2D eigenvalue weighted by atomic mass is 35.5. The maximum atomic E-state index is 12.8. The number of likely N-dealkylation sites (N-methyl/N-ethyl adjacent to an activating group) is 1. The normalized spacial score (nSPS) is 26.1. The number of carbonyl (C=O) groups excluding carboxylic acids is 1. The topological polar surface area (TPSA) is 65.6 Å². The summed E-state index contributed by atoms with van der Waals surface area (Å²) in [5.41, 5.74) is 7.14. The van der Waals surface area contributed by atoms with Gasteiger partial charge in [0.05, 0.1) is 12.1 Å². The first-order valence-corrected chi connectivity index (χ1v) is 7.82. The summed E-state index contributed by atoms with van der Waals surface area (Å²) in [6.07, 6.45) is 1.03. The fourth-order valence-electron chi connectivity index (χ4n) is 3.16. The second kappa shape index (κ2) is 7.68. The molecular formula is C15H22Cl2N4O2. The Bertz CT molecular complexity index is 572. The Balaban J connectivity index is 0.00000192. The predicted molar refractivity (Wildman–Crippen MR) is 93.5 cm³/mol. The molecule has 3 N–H and O–H groups in total. The minimum atomic E-state index is -0.233. The Morgan fingerprint density at radius 1 is 1.39 bits per heavy atom. The van der Waals surface area contributed by atoms with Gasteiger partial charge < -0.3 is 15.0 Å². The van der Waals surface area contributed by atoms with Gasteiger partial charge in [-0.25, -0.2) is 5.43 Å². The van der Waals surface area contributed by atoms with Crippen molar-refractivity contribution in [2.45, 2.75) is 18.5 Å². The van der Waals surface area contributed by atoms with Gasteiger partial charge in [0.15, 0.2) is 0 Å². The van der Waals surface area contributed by atoms with Crippen LogP contribution in [0.3, 0.4) is 0 Å². The van der Waals surface area contributed by atoms with Crippen molar-refractivity contribution in [3.05, 3.63) is 23.2 Å². The summed E-state index contributed by atoms with van der Waals surface area (Å²) < 4.78 is 5.14. The van der Waals surface area contributed by atoms with Crippen molar-refractivity contribution in [1.29, 1.82) is 0 Å². The van der Waals surface area contributed by atoms with Crippen LogP contribution < -0.4 is 25.8 Å². The molecule has 0 saturated carbocycles. The summed E-state index contributed by atoms with van der Waals surface area (Å²) in [5, 5.41) is 3.85. The minimum Gasteiger partial charge on any atom is -0.495 e. The van der Waals surface area contributed by atoms with E-state index in [1.807, 2.05) is 6.07 Å². The zero-order valence-electron chi connectivity index (χ0n) is 13.1. The number of fused-ring (bicyclic) bond motifs is 1. The number of rotatable bonds is 3. The molecule has 0 radical (unpaired) electrons. The van der Waals surface area contributed by atoms with Crippen LogP contribution in [-0.4, -0.2) is 45.2 Å². The minimum absolute atomic E-state index is 0. The number of halogens is 2. The number of nitrogens with one attached hydrogen (secondary N) is 3. The third-order valence-corrected chi connectivity index (χ3v) is 4.80. The van der Waals surface area contributed by atoms with Gasteiger partial charge in [-0.05, 0) is 31.2 Å². The van der Waals surface area contributed by atoms with Crippen molar-refractivity contribution < 1.29 is 9.53 Å². The lowest BCUT2D eigenvalue weighted by Crippen LogP contribution is -2.49. The number of amides is 1. The maximum Gasteiger partial charge on any atom is 0.245 e. The molecule has 1 aromatic rings. The summed E-state index contributed by atoms with van der Waals surface area (Å²) in [7, 11) is 3.34. The molecule has 8 heteroatoms. The first kappa shape index (κ1) is 18.3. The average Bonchev–Trinajstić information content (AvgIpc) is 2.97. The maximum absolute atomic E-state index is 12.8. The zero-order chi connectivity index (χ0) is 15.7. The molecule has 2 aliphatic heterocycles. The molecule has 128 valence electrons. The van der Waals surface area contributed by atoms with E-state index in [0.29, 0.717) is 16.8 Å². The Hall–Kier alpha value is -1.05. The molecule has 3 unspecified atom stereocenters. The molecule has 0 bridgehead atoms. The van der Waals surface area contributed by atoms with E-state index in [1.54, 1.807) is 31.2 Å². The highest BCUT2D eigenvalue weighted by molar-refractivity contribution is 6.32. The first-order valence-electron chi connectivity index (χ1n) is 7.44. The van der Waals surface area contributed by atoms with Crippen molar-refractivity contribution in [2.24, 2.45) is 5.92 Å². The molecule has 2 fully saturated rings. The molecule has 0 aliphatic carbocycles. The number of benzene rings is 1. The number of carbonyl (C=O) groups is 1. The van der Waals surface area contributed by atoms with Crippen LogP contribution in [0.4, 0.5) is 5.69 Å². The van der Waals surface area contributed by atoms with Gasteiger partial charge in [0.25, 0.3) is 0 Å². The number of methoxy groups -OCH3 is 1. The number of nitrogens with zero attached hydrogens (tertiary/aromatic N) is 1. The van der Waals surface area contributed by atoms with Crippen LogP contribution in [0.5, 0.6) is 5.75 Å². The Labute approximate surface area is 147 Å². The van der Waals surface area contributed by atoms with Crippen LogP contribution in [0.15, 0.2) is 18.2 Å². The lowest BCUT2D eigenvalue weighted by Gasteiger charge is -2.29. The molecule has 2 aliphatic rings. The average molecular weight is 361 g/mol. The van der Waals surface area contributed by atoms with E-state index in [-0.39, 0.29) is 30.3 Å². The van der Waals surface area contributed by atoms with Gasteiger partial charge in [-0.15, -0.1) is 12.4 Å². The molecule has 2 saturated heterocycles. The number of hydrogen-bond acceptors (Lipinski definition) is 5. The van der Waals surface area contributed by atoms with Crippen LogP contribution >= 0.6 is 24.0 Å². The SMILES string of the molecule is COc1ccc(N(C)C(=O)C2NNC3CCNCC32)cc1Cl.Cl.